The van der Waals surface area contributed by atoms with E-state index in [0.29, 0.717) is 17.0 Å². The summed E-state index contributed by atoms with van der Waals surface area (Å²) < 4.78 is 18.1. The molecule has 3 rings (SSSR count). The van der Waals surface area contributed by atoms with E-state index < -0.39 is 0 Å². The third kappa shape index (κ3) is 2.12. The van der Waals surface area contributed by atoms with Crippen LogP contribution in [-0.2, 0) is 0 Å². The van der Waals surface area contributed by atoms with Crippen molar-refractivity contribution in [2.24, 2.45) is 0 Å². The van der Waals surface area contributed by atoms with Crippen molar-refractivity contribution in [1.29, 1.82) is 5.26 Å². The number of halogens is 1. The van der Waals surface area contributed by atoms with Crippen LogP contribution in [0.1, 0.15) is 5.69 Å². The molecule has 0 atom stereocenters. The van der Waals surface area contributed by atoms with Gasteiger partial charge in [-0.05, 0) is 36.4 Å². The molecule has 0 aliphatic carbocycles. The Morgan fingerprint density at radius 2 is 1.90 bits per heavy atom. The molecule has 96 valence electrons. The average molecular weight is 266 g/mol. The fraction of sp³-hybridized carbons (Fsp3) is 0. The second-order valence-corrected chi connectivity index (χ2v) is 3.93. The van der Waals surface area contributed by atoms with Gasteiger partial charge in [-0.2, -0.15) is 5.26 Å². The number of nitriles is 1. The van der Waals surface area contributed by atoms with Gasteiger partial charge >= 0.3 is 0 Å². The van der Waals surface area contributed by atoms with E-state index in [4.69, 9.17) is 4.42 Å². The topological polar surface area (TPSA) is 75.6 Å². The van der Waals surface area contributed by atoms with Gasteiger partial charge in [0.25, 0.3) is 0 Å². The Labute approximate surface area is 113 Å². The molecule has 0 N–H and O–H groups in total. The Bertz CT molecular complexity index is 776. The first-order chi connectivity index (χ1) is 9.78. The predicted molar refractivity (Wildman–Crippen MR) is 67.6 cm³/mol. The zero-order valence-electron chi connectivity index (χ0n) is 10.1. The van der Waals surface area contributed by atoms with Crippen molar-refractivity contribution >= 4 is 0 Å². The molecule has 3 aromatic rings. The Morgan fingerprint density at radius 1 is 1.10 bits per heavy atom. The summed E-state index contributed by atoms with van der Waals surface area (Å²) in [7, 11) is 0. The molecule has 0 saturated heterocycles. The van der Waals surface area contributed by atoms with E-state index in [1.165, 1.54) is 30.5 Å². The lowest BCUT2D eigenvalue weighted by Crippen LogP contribution is -1.99. The average Bonchev–Trinajstić information content (AvgIpc) is 3.02. The molecule has 0 aliphatic heterocycles. The summed E-state index contributed by atoms with van der Waals surface area (Å²) in [6.45, 7) is 0. The molecule has 2 heterocycles. The standard InChI is InChI=1S/C14H7FN4O/c15-10-5-3-9(4-6-10)13-11(8-16)17-14(19-18-13)12-2-1-7-20-12/h1-7H. The van der Waals surface area contributed by atoms with Crippen LogP contribution in [0.25, 0.3) is 22.8 Å². The third-order valence-electron chi connectivity index (χ3n) is 2.65. The maximum absolute atomic E-state index is 12.9. The summed E-state index contributed by atoms with van der Waals surface area (Å²) in [6, 6.07) is 11.0. The fourth-order valence-corrected chi connectivity index (χ4v) is 1.72. The molecule has 0 amide bonds. The molecule has 0 spiro atoms. The van der Waals surface area contributed by atoms with Gasteiger partial charge in [0.1, 0.15) is 17.6 Å². The van der Waals surface area contributed by atoms with Crippen molar-refractivity contribution in [2.45, 2.75) is 0 Å². The number of aromatic nitrogens is 3. The summed E-state index contributed by atoms with van der Waals surface area (Å²) in [5, 5.41) is 17.1. The van der Waals surface area contributed by atoms with E-state index in [0.717, 1.165) is 0 Å². The van der Waals surface area contributed by atoms with Gasteiger partial charge in [0.2, 0.25) is 5.82 Å². The lowest BCUT2D eigenvalue weighted by Gasteiger charge is -2.02. The van der Waals surface area contributed by atoms with Gasteiger partial charge in [-0.25, -0.2) is 9.37 Å². The van der Waals surface area contributed by atoms with Crippen LogP contribution in [0.2, 0.25) is 0 Å². The Kier molecular flexibility index (Phi) is 2.94. The number of benzene rings is 1. The van der Waals surface area contributed by atoms with Gasteiger partial charge < -0.3 is 4.42 Å². The first-order valence-corrected chi connectivity index (χ1v) is 5.72. The monoisotopic (exact) mass is 266 g/mol. The summed E-state index contributed by atoms with van der Waals surface area (Å²) >= 11 is 0. The van der Waals surface area contributed by atoms with Crippen molar-refractivity contribution in [2.75, 3.05) is 0 Å². The highest BCUT2D eigenvalue weighted by molar-refractivity contribution is 5.65. The second kappa shape index (κ2) is 4.90. The van der Waals surface area contributed by atoms with E-state index in [9.17, 15) is 9.65 Å². The van der Waals surface area contributed by atoms with Crippen LogP contribution < -0.4 is 0 Å². The summed E-state index contributed by atoms with van der Waals surface area (Å²) in [5.74, 6) is 0.303. The van der Waals surface area contributed by atoms with Crippen molar-refractivity contribution in [3.05, 3.63) is 54.2 Å². The van der Waals surface area contributed by atoms with E-state index in [1.807, 2.05) is 6.07 Å². The first-order valence-electron chi connectivity index (χ1n) is 5.72. The Balaban J connectivity index is 2.09. The van der Waals surface area contributed by atoms with E-state index in [-0.39, 0.29) is 17.3 Å². The van der Waals surface area contributed by atoms with Crippen LogP contribution in [0.3, 0.4) is 0 Å². The van der Waals surface area contributed by atoms with Crippen molar-refractivity contribution in [3.8, 4) is 28.9 Å². The molecule has 1 aromatic carbocycles. The second-order valence-electron chi connectivity index (χ2n) is 3.93. The zero-order valence-corrected chi connectivity index (χ0v) is 10.1. The highest BCUT2D eigenvalue weighted by Gasteiger charge is 2.13. The Morgan fingerprint density at radius 3 is 2.55 bits per heavy atom. The largest absolute Gasteiger partial charge is 0.461 e. The third-order valence-corrected chi connectivity index (χ3v) is 2.65. The van der Waals surface area contributed by atoms with Crippen molar-refractivity contribution in [1.82, 2.24) is 15.2 Å². The Hall–Kier alpha value is -3.07. The number of rotatable bonds is 2. The minimum absolute atomic E-state index is 0.109. The first kappa shape index (κ1) is 12.0. The van der Waals surface area contributed by atoms with Gasteiger partial charge in [-0.3, -0.25) is 0 Å². The number of hydrogen-bond acceptors (Lipinski definition) is 5. The smallest absolute Gasteiger partial charge is 0.218 e. The maximum Gasteiger partial charge on any atom is 0.218 e. The lowest BCUT2D eigenvalue weighted by atomic mass is 10.1. The predicted octanol–water partition coefficient (Wildman–Crippen LogP) is 2.81. The molecule has 0 saturated carbocycles. The minimum atomic E-state index is -0.361. The van der Waals surface area contributed by atoms with Gasteiger partial charge in [0.05, 0.1) is 6.26 Å². The number of hydrogen-bond donors (Lipinski definition) is 0. The van der Waals surface area contributed by atoms with Crippen molar-refractivity contribution < 1.29 is 8.81 Å². The van der Waals surface area contributed by atoms with Gasteiger partial charge in [-0.1, -0.05) is 0 Å². The van der Waals surface area contributed by atoms with E-state index in [1.54, 1.807) is 12.1 Å². The molecule has 5 nitrogen and oxygen atoms in total. The molecule has 0 fully saturated rings. The number of furan rings is 1. The van der Waals surface area contributed by atoms with Crippen LogP contribution in [0, 0.1) is 17.1 Å². The summed E-state index contributed by atoms with van der Waals surface area (Å²) in [6.07, 6.45) is 1.48. The van der Waals surface area contributed by atoms with Gasteiger partial charge in [0, 0.05) is 5.56 Å². The molecule has 20 heavy (non-hydrogen) atoms. The quantitative estimate of drug-likeness (QED) is 0.712. The molecule has 0 unspecified atom stereocenters. The SMILES string of the molecule is N#Cc1nc(-c2ccco2)nnc1-c1ccc(F)cc1. The van der Waals surface area contributed by atoms with Crippen LogP contribution in [-0.4, -0.2) is 15.2 Å². The zero-order chi connectivity index (χ0) is 13.9. The highest BCUT2D eigenvalue weighted by atomic mass is 19.1. The van der Waals surface area contributed by atoms with Crippen LogP contribution in [0.15, 0.2) is 47.1 Å². The molecule has 6 heteroatoms. The lowest BCUT2D eigenvalue weighted by molar-refractivity contribution is 0.575. The van der Waals surface area contributed by atoms with E-state index in [2.05, 4.69) is 15.2 Å². The van der Waals surface area contributed by atoms with E-state index >= 15 is 0 Å². The normalized spacial score (nSPS) is 10.2. The molecule has 2 aromatic heterocycles. The molecule has 0 radical (unpaired) electrons. The fourth-order valence-electron chi connectivity index (χ4n) is 1.72. The van der Waals surface area contributed by atoms with Crippen molar-refractivity contribution in [3.63, 3.8) is 0 Å². The molecular weight excluding hydrogens is 259 g/mol. The maximum atomic E-state index is 12.9. The van der Waals surface area contributed by atoms with Crippen LogP contribution >= 0.6 is 0 Å². The van der Waals surface area contributed by atoms with Gasteiger partial charge in [-0.15, -0.1) is 10.2 Å². The molecular formula is C14H7FN4O. The summed E-state index contributed by atoms with van der Waals surface area (Å²) in [4.78, 5) is 4.11. The molecule has 0 aliphatic rings. The van der Waals surface area contributed by atoms with Gasteiger partial charge in [0.15, 0.2) is 11.5 Å². The van der Waals surface area contributed by atoms with Crippen LogP contribution in [0.5, 0.6) is 0 Å². The number of nitrogens with zero attached hydrogens (tertiary/aromatic N) is 4. The molecule has 0 bridgehead atoms. The highest BCUT2D eigenvalue weighted by Crippen LogP contribution is 2.22. The minimum Gasteiger partial charge on any atom is -0.461 e. The van der Waals surface area contributed by atoms with Crippen LogP contribution in [0.4, 0.5) is 4.39 Å². The summed E-state index contributed by atoms with van der Waals surface area (Å²) in [5.41, 5.74) is 0.995.